The van der Waals surface area contributed by atoms with Crippen molar-refractivity contribution in [1.82, 2.24) is 4.98 Å². The molecule has 0 aliphatic heterocycles. The highest BCUT2D eigenvalue weighted by Gasteiger charge is 2.00. The van der Waals surface area contributed by atoms with Crippen LogP contribution in [0.25, 0.3) is 10.9 Å². The molecule has 0 saturated heterocycles. The molecule has 0 saturated carbocycles. The summed E-state index contributed by atoms with van der Waals surface area (Å²) in [5.41, 5.74) is 2.85. The molecule has 0 amide bonds. The van der Waals surface area contributed by atoms with Crippen molar-refractivity contribution < 1.29 is 4.79 Å². The zero-order valence-corrected chi connectivity index (χ0v) is 6.79. The molecule has 60 valence electrons. The van der Waals surface area contributed by atoms with E-state index in [1.54, 1.807) is 0 Å². The number of carbonyl (C=O) groups is 1. The van der Waals surface area contributed by atoms with Crippen molar-refractivity contribution in [2.45, 2.75) is 6.92 Å². The molecule has 1 heterocycles. The molecular formula is C10H9NO. The summed E-state index contributed by atoms with van der Waals surface area (Å²) in [7, 11) is 0. The van der Waals surface area contributed by atoms with Gasteiger partial charge in [0.1, 0.15) is 0 Å². The van der Waals surface area contributed by atoms with Crippen LogP contribution in [0.2, 0.25) is 0 Å². The summed E-state index contributed by atoms with van der Waals surface area (Å²) in [6.07, 6.45) is 0.833. The number of carbonyl (C=O) groups excluding carboxylic acids is 1. The quantitative estimate of drug-likeness (QED) is 0.636. The van der Waals surface area contributed by atoms with Crippen LogP contribution >= 0.6 is 0 Å². The highest BCUT2D eigenvalue weighted by atomic mass is 16.1. The predicted molar refractivity (Wildman–Crippen MR) is 48.4 cm³/mol. The van der Waals surface area contributed by atoms with Crippen molar-refractivity contribution in [3.8, 4) is 0 Å². The largest absolute Gasteiger partial charge is 0.352 e. The molecule has 0 atom stereocenters. The third kappa shape index (κ3) is 0.925. The fourth-order valence-electron chi connectivity index (χ4n) is 1.39. The number of benzene rings is 1. The maximum atomic E-state index is 10.5. The number of H-pyrrole nitrogens is 1. The summed E-state index contributed by atoms with van der Waals surface area (Å²) in [5.74, 6) is 0. The molecule has 0 radical (unpaired) electrons. The third-order valence-corrected chi connectivity index (χ3v) is 2.03. The molecule has 0 fully saturated rings. The molecule has 0 bridgehead atoms. The Hall–Kier alpha value is -1.57. The highest BCUT2D eigenvalue weighted by molar-refractivity contribution is 5.89. The second-order valence-electron chi connectivity index (χ2n) is 2.88. The Kier molecular flexibility index (Phi) is 1.47. The van der Waals surface area contributed by atoms with E-state index >= 15 is 0 Å². The monoisotopic (exact) mass is 159 g/mol. The van der Waals surface area contributed by atoms with E-state index in [0.717, 1.165) is 17.2 Å². The smallest absolute Gasteiger partial charge is 0.166 e. The first-order valence-electron chi connectivity index (χ1n) is 3.85. The first-order chi connectivity index (χ1) is 5.81. The van der Waals surface area contributed by atoms with Crippen LogP contribution in [0.1, 0.15) is 16.1 Å². The lowest BCUT2D eigenvalue weighted by Crippen LogP contribution is -1.74. The van der Waals surface area contributed by atoms with Crippen molar-refractivity contribution in [2.24, 2.45) is 0 Å². The molecule has 0 spiro atoms. The lowest BCUT2D eigenvalue weighted by atomic mass is 10.1. The van der Waals surface area contributed by atoms with Gasteiger partial charge in [-0.2, -0.15) is 0 Å². The van der Waals surface area contributed by atoms with Gasteiger partial charge < -0.3 is 4.98 Å². The Morgan fingerprint density at radius 1 is 1.42 bits per heavy atom. The van der Waals surface area contributed by atoms with Gasteiger partial charge in [-0.15, -0.1) is 0 Å². The summed E-state index contributed by atoms with van der Waals surface area (Å²) in [5, 5.41) is 1.12. The van der Waals surface area contributed by atoms with Crippen LogP contribution in [0.4, 0.5) is 0 Å². The first kappa shape index (κ1) is 7.10. The van der Waals surface area contributed by atoms with Crippen LogP contribution in [-0.4, -0.2) is 11.3 Å². The van der Waals surface area contributed by atoms with Gasteiger partial charge in [-0.05, 0) is 24.6 Å². The average molecular weight is 159 g/mol. The fourth-order valence-corrected chi connectivity index (χ4v) is 1.39. The van der Waals surface area contributed by atoms with Gasteiger partial charge in [0.2, 0.25) is 0 Å². The Morgan fingerprint density at radius 2 is 2.25 bits per heavy atom. The minimum atomic E-state index is 0.638. The average Bonchev–Trinajstić information content (AvgIpc) is 2.49. The predicted octanol–water partition coefficient (Wildman–Crippen LogP) is 2.29. The number of nitrogens with one attached hydrogen (secondary N) is 1. The van der Waals surface area contributed by atoms with Crippen molar-refractivity contribution in [3.05, 3.63) is 35.5 Å². The normalized spacial score (nSPS) is 10.4. The SMILES string of the molecule is Cc1cccc2[nH]c(C=O)cc12. The van der Waals surface area contributed by atoms with Gasteiger partial charge in [-0.3, -0.25) is 4.79 Å². The number of aldehydes is 1. The maximum Gasteiger partial charge on any atom is 0.166 e. The van der Waals surface area contributed by atoms with Gasteiger partial charge >= 0.3 is 0 Å². The van der Waals surface area contributed by atoms with E-state index in [2.05, 4.69) is 4.98 Å². The number of hydrogen-bond acceptors (Lipinski definition) is 1. The summed E-state index contributed by atoms with van der Waals surface area (Å²) in [6.45, 7) is 2.03. The van der Waals surface area contributed by atoms with Gasteiger partial charge in [-0.25, -0.2) is 0 Å². The lowest BCUT2D eigenvalue weighted by Gasteiger charge is -1.92. The second kappa shape index (κ2) is 2.48. The number of aromatic amines is 1. The molecule has 2 aromatic rings. The summed E-state index contributed by atoms with van der Waals surface area (Å²) >= 11 is 0. The van der Waals surface area contributed by atoms with Crippen LogP contribution < -0.4 is 0 Å². The van der Waals surface area contributed by atoms with E-state index in [0.29, 0.717) is 5.69 Å². The van der Waals surface area contributed by atoms with Crippen molar-refractivity contribution >= 4 is 17.2 Å². The van der Waals surface area contributed by atoms with Crippen LogP contribution in [0, 0.1) is 6.92 Å². The van der Waals surface area contributed by atoms with Crippen molar-refractivity contribution in [2.75, 3.05) is 0 Å². The summed E-state index contributed by atoms with van der Waals surface area (Å²) < 4.78 is 0. The van der Waals surface area contributed by atoms with Crippen molar-refractivity contribution in [1.29, 1.82) is 0 Å². The molecule has 0 unspecified atom stereocenters. The minimum absolute atomic E-state index is 0.638. The molecule has 12 heavy (non-hydrogen) atoms. The molecule has 1 N–H and O–H groups in total. The number of fused-ring (bicyclic) bond motifs is 1. The van der Waals surface area contributed by atoms with Gasteiger partial charge in [0.15, 0.2) is 6.29 Å². The number of rotatable bonds is 1. The van der Waals surface area contributed by atoms with Crippen molar-refractivity contribution in [3.63, 3.8) is 0 Å². The molecule has 1 aromatic heterocycles. The standard InChI is InChI=1S/C10H9NO/c1-7-3-2-4-10-9(7)5-8(6-12)11-10/h2-6,11H,1H3. The van der Waals surface area contributed by atoms with Crippen LogP contribution in [0.5, 0.6) is 0 Å². The topological polar surface area (TPSA) is 32.9 Å². The van der Waals surface area contributed by atoms with Crippen LogP contribution in [-0.2, 0) is 0 Å². The third-order valence-electron chi connectivity index (χ3n) is 2.03. The molecule has 0 aliphatic carbocycles. The highest BCUT2D eigenvalue weighted by Crippen LogP contribution is 2.17. The number of hydrogen-bond donors (Lipinski definition) is 1. The molecule has 2 heteroatoms. The second-order valence-corrected chi connectivity index (χ2v) is 2.88. The summed E-state index contributed by atoms with van der Waals surface area (Å²) in [6, 6.07) is 7.85. The van der Waals surface area contributed by atoms with Gasteiger partial charge in [-0.1, -0.05) is 12.1 Å². The Balaban J connectivity index is 2.82. The van der Waals surface area contributed by atoms with Gasteiger partial charge in [0, 0.05) is 10.9 Å². The zero-order valence-electron chi connectivity index (χ0n) is 6.79. The zero-order chi connectivity index (χ0) is 8.55. The Morgan fingerprint density at radius 3 is 2.92 bits per heavy atom. The minimum Gasteiger partial charge on any atom is -0.352 e. The molecule has 0 aliphatic rings. The van der Waals surface area contributed by atoms with Gasteiger partial charge in [0.05, 0.1) is 5.69 Å². The van der Waals surface area contributed by atoms with Gasteiger partial charge in [0.25, 0.3) is 0 Å². The van der Waals surface area contributed by atoms with E-state index in [-0.39, 0.29) is 0 Å². The lowest BCUT2D eigenvalue weighted by molar-refractivity contribution is 0.112. The van der Waals surface area contributed by atoms with Crippen LogP contribution in [0.3, 0.4) is 0 Å². The van der Waals surface area contributed by atoms with E-state index < -0.39 is 0 Å². The fraction of sp³-hybridized carbons (Fsp3) is 0.100. The van der Waals surface area contributed by atoms with E-state index in [9.17, 15) is 4.79 Å². The molecule has 2 nitrogen and oxygen atoms in total. The molecular weight excluding hydrogens is 150 g/mol. The number of aryl methyl sites for hydroxylation is 1. The van der Waals surface area contributed by atoms with Crippen LogP contribution in [0.15, 0.2) is 24.3 Å². The summed E-state index contributed by atoms with van der Waals surface area (Å²) in [4.78, 5) is 13.5. The Labute approximate surface area is 70.2 Å². The van der Waals surface area contributed by atoms with E-state index in [4.69, 9.17) is 0 Å². The van der Waals surface area contributed by atoms with E-state index in [1.165, 1.54) is 5.56 Å². The maximum absolute atomic E-state index is 10.5. The molecule has 1 aromatic carbocycles. The first-order valence-corrected chi connectivity index (χ1v) is 3.85. The Bertz CT molecular complexity index is 428. The molecule has 2 rings (SSSR count). The van der Waals surface area contributed by atoms with E-state index in [1.807, 2.05) is 31.2 Å². The number of aromatic nitrogens is 1.